The number of rotatable bonds is 10. The molecule has 0 spiro atoms. The SMILES string of the molecule is C[C@@H]1CCCC(O)[C@@H]2C[C@@]2(C(=O)NS(=O)(=O)C2(C)CC2)CC(=O)[C@@H]2C[C@@H](Oc3ncc(OC4CC4)c4ccccc34)CN2C(=O)[C@@H](CC(=O)OC(C)(C)C(F)(F)F)[C@H](C)C1. The number of hydrogen-bond donors (Lipinski definition) is 2. The number of sulfonamides is 1. The number of ketones is 1. The Kier molecular flexibility index (Phi) is 11.8. The van der Waals surface area contributed by atoms with Crippen LogP contribution in [0.25, 0.3) is 10.8 Å². The minimum Gasteiger partial charge on any atom is -0.488 e. The maximum Gasteiger partial charge on any atom is 0.427 e. The first-order valence-electron chi connectivity index (χ1n) is 21.1. The second kappa shape index (κ2) is 16.0. The minimum absolute atomic E-state index is 0.0507. The average molecular weight is 864 g/mol. The van der Waals surface area contributed by atoms with E-state index in [1.807, 2.05) is 31.2 Å². The van der Waals surface area contributed by atoms with E-state index in [1.54, 1.807) is 13.1 Å². The first kappa shape index (κ1) is 44.1. The van der Waals surface area contributed by atoms with Crippen LogP contribution >= 0.6 is 0 Å². The molecule has 0 bridgehead atoms. The number of aliphatic hydroxyl groups is 1. The van der Waals surface area contributed by atoms with E-state index in [-0.39, 0.29) is 43.7 Å². The molecule has 5 aliphatic rings. The number of pyridine rings is 1. The number of halogens is 3. The number of fused-ring (bicyclic) bond motifs is 3. The van der Waals surface area contributed by atoms with Crippen LogP contribution in [-0.2, 0) is 33.9 Å². The van der Waals surface area contributed by atoms with Gasteiger partial charge >= 0.3 is 12.1 Å². The summed E-state index contributed by atoms with van der Waals surface area (Å²) in [5.41, 5.74) is -4.40. The number of nitrogens with zero attached hydrogens (tertiary/aromatic N) is 2. The van der Waals surface area contributed by atoms with Crippen molar-refractivity contribution in [2.75, 3.05) is 6.54 Å². The molecule has 13 nitrogen and oxygen atoms in total. The summed E-state index contributed by atoms with van der Waals surface area (Å²) < 4.78 is 86.6. The van der Waals surface area contributed by atoms with Gasteiger partial charge in [-0.1, -0.05) is 44.9 Å². The van der Waals surface area contributed by atoms with Crippen molar-refractivity contribution in [3.63, 3.8) is 0 Å². The molecule has 2 saturated heterocycles. The largest absolute Gasteiger partial charge is 0.488 e. The number of hydrogen-bond acceptors (Lipinski definition) is 11. The molecular weight excluding hydrogens is 808 g/mol. The summed E-state index contributed by atoms with van der Waals surface area (Å²) in [4.78, 5) is 62.9. The van der Waals surface area contributed by atoms with Gasteiger partial charge < -0.3 is 24.2 Å². The van der Waals surface area contributed by atoms with Gasteiger partial charge in [0.05, 0.1) is 53.5 Å². The van der Waals surface area contributed by atoms with Crippen molar-refractivity contribution in [2.24, 2.45) is 29.1 Å². The summed E-state index contributed by atoms with van der Waals surface area (Å²) in [6, 6.07) is 6.11. The van der Waals surface area contributed by atoms with Crippen LogP contribution in [0.15, 0.2) is 30.5 Å². The first-order chi connectivity index (χ1) is 28.0. The predicted molar refractivity (Wildman–Crippen MR) is 212 cm³/mol. The number of carbonyl (C=O) groups is 4. The minimum atomic E-state index is -4.88. The van der Waals surface area contributed by atoms with Crippen molar-refractivity contribution in [2.45, 2.75) is 153 Å². The predicted octanol–water partition coefficient (Wildman–Crippen LogP) is 6.19. The van der Waals surface area contributed by atoms with Gasteiger partial charge in [0, 0.05) is 29.5 Å². The standard InChI is InChI=1S/C43H56F3N3O10S/c1-24-9-8-12-33(50)31-20-42(31,39(54)48-60(55,56)41(5)15-16-41)21-34(51)32-18-27(58-37-29-11-7-6-10-28(29)35(22-47-37)57-26-13-14-26)23-49(32)38(53)30(25(2)17-24)19-36(52)59-40(3,4)43(44,45)46/h6-7,10-11,22,24-27,30-33,50H,8-9,12-21,23H2,1-5H3,(H,48,54)/t24-,25-,27-,30+,31+,32+,33?,42-/m1/s1. The topological polar surface area (TPSA) is 178 Å². The number of ether oxygens (including phenoxy) is 3. The molecular formula is C43H56F3N3O10S. The van der Waals surface area contributed by atoms with Crippen molar-refractivity contribution in [1.29, 1.82) is 0 Å². The van der Waals surface area contributed by atoms with Crippen LogP contribution < -0.4 is 14.2 Å². The third-order valence-corrected chi connectivity index (χ3v) is 15.7. The molecule has 5 fully saturated rings. The Morgan fingerprint density at radius 3 is 2.33 bits per heavy atom. The molecule has 17 heteroatoms. The molecule has 3 heterocycles. The number of nitrogens with one attached hydrogen (secondary N) is 1. The molecule has 0 radical (unpaired) electrons. The quantitative estimate of drug-likeness (QED) is 0.261. The molecule has 2 aromatic rings. The van der Waals surface area contributed by atoms with Crippen LogP contribution in [0.2, 0.25) is 0 Å². The maximum atomic E-state index is 14.9. The molecule has 3 saturated carbocycles. The van der Waals surface area contributed by atoms with Gasteiger partial charge in [-0.05, 0) is 83.6 Å². The Morgan fingerprint density at radius 2 is 1.68 bits per heavy atom. The number of carbonyl (C=O) groups excluding carboxylic acids is 4. The second-order valence-corrected chi connectivity index (χ2v) is 21.1. The number of Topliss-reactive ketones (excluding diaryl/α,β-unsaturated/α-hetero) is 1. The van der Waals surface area contributed by atoms with E-state index in [0.717, 1.165) is 32.1 Å². The fraction of sp³-hybridized carbons (Fsp3) is 0.698. The van der Waals surface area contributed by atoms with Crippen molar-refractivity contribution in [3.05, 3.63) is 30.5 Å². The van der Waals surface area contributed by atoms with E-state index in [0.29, 0.717) is 43.2 Å². The van der Waals surface area contributed by atoms with Crippen LogP contribution in [0.4, 0.5) is 13.2 Å². The van der Waals surface area contributed by atoms with Crippen LogP contribution in [0.3, 0.4) is 0 Å². The Hall–Kier alpha value is -3.99. The van der Waals surface area contributed by atoms with Gasteiger partial charge in [-0.3, -0.25) is 23.9 Å². The molecule has 330 valence electrons. The van der Waals surface area contributed by atoms with E-state index in [4.69, 9.17) is 14.2 Å². The van der Waals surface area contributed by atoms with Gasteiger partial charge in [-0.15, -0.1) is 0 Å². The number of alkyl halides is 3. The van der Waals surface area contributed by atoms with Crippen LogP contribution in [0.5, 0.6) is 11.6 Å². The van der Waals surface area contributed by atoms with E-state index < -0.39 is 104 Å². The molecule has 8 atom stereocenters. The smallest absolute Gasteiger partial charge is 0.427 e. The van der Waals surface area contributed by atoms with Crippen molar-refractivity contribution in [1.82, 2.24) is 14.6 Å². The summed E-state index contributed by atoms with van der Waals surface area (Å²) in [6.07, 6.45) is -1.88. The van der Waals surface area contributed by atoms with Crippen molar-refractivity contribution >= 4 is 44.4 Å². The average Bonchev–Trinajstić information content (AvgIpc) is 4.11. The van der Waals surface area contributed by atoms with Crippen LogP contribution in [-0.4, -0.2) is 94.4 Å². The van der Waals surface area contributed by atoms with Crippen LogP contribution in [0.1, 0.15) is 112 Å². The normalized spacial score (nSPS) is 31.3. The number of esters is 1. The summed E-state index contributed by atoms with van der Waals surface area (Å²) in [6.45, 7) is 6.52. The molecule has 1 aromatic heterocycles. The first-order valence-corrected chi connectivity index (χ1v) is 22.6. The van der Waals surface area contributed by atoms with E-state index in [1.165, 1.54) is 11.8 Å². The fourth-order valence-electron chi connectivity index (χ4n) is 8.99. The summed E-state index contributed by atoms with van der Waals surface area (Å²) >= 11 is 0. The molecule has 2 amide bonds. The Bertz CT molecular complexity index is 2120. The highest BCUT2D eigenvalue weighted by Crippen LogP contribution is 2.59. The highest BCUT2D eigenvalue weighted by molar-refractivity contribution is 7.91. The fourth-order valence-corrected chi connectivity index (χ4v) is 10.3. The van der Waals surface area contributed by atoms with Gasteiger partial charge in [-0.25, -0.2) is 13.4 Å². The third-order valence-electron chi connectivity index (χ3n) is 13.5. The summed E-state index contributed by atoms with van der Waals surface area (Å²) in [5.74, 6) is -5.04. The zero-order valence-electron chi connectivity index (χ0n) is 34.8. The molecule has 7 rings (SSSR count). The molecule has 3 aliphatic carbocycles. The maximum absolute atomic E-state index is 14.9. The molecule has 1 aromatic carbocycles. The van der Waals surface area contributed by atoms with Crippen molar-refractivity contribution in [3.8, 4) is 11.6 Å². The van der Waals surface area contributed by atoms with Gasteiger partial charge in [0.2, 0.25) is 33.3 Å². The van der Waals surface area contributed by atoms with Gasteiger partial charge in [-0.2, -0.15) is 13.2 Å². The Morgan fingerprint density at radius 1 is 1.00 bits per heavy atom. The Labute approximate surface area is 348 Å². The zero-order chi connectivity index (χ0) is 43.6. The molecule has 2 N–H and O–H groups in total. The lowest BCUT2D eigenvalue weighted by Gasteiger charge is -2.33. The zero-order valence-corrected chi connectivity index (χ0v) is 35.6. The lowest BCUT2D eigenvalue weighted by Crippen LogP contribution is -2.49. The number of benzene rings is 1. The number of amides is 2. The molecule has 1 unspecified atom stereocenters. The van der Waals surface area contributed by atoms with Gasteiger partial charge in [0.1, 0.15) is 11.9 Å². The highest BCUT2D eigenvalue weighted by atomic mass is 32.2. The van der Waals surface area contributed by atoms with Gasteiger partial charge in [0.15, 0.2) is 5.78 Å². The van der Waals surface area contributed by atoms with E-state index in [2.05, 4.69) is 9.71 Å². The Balaban J connectivity index is 1.23. The lowest BCUT2D eigenvalue weighted by molar-refractivity contribution is -0.257. The van der Waals surface area contributed by atoms with Crippen LogP contribution in [0, 0.1) is 29.1 Å². The van der Waals surface area contributed by atoms with Gasteiger partial charge in [0.25, 0.3) is 0 Å². The summed E-state index contributed by atoms with van der Waals surface area (Å²) in [5, 5.41) is 12.8. The number of aromatic nitrogens is 1. The van der Waals surface area contributed by atoms with E-state index >= 15 is 0 Å². The highest BCUT2D eigenvalue weighted by Gasteiger charge is 2.65. The molecule has 2 aliphatic heterocycles. The van der Waals surface area contributed by atoms with Crippen molar-refractivity contribution < 1.29 is 60.1 Å². The summed E-state index contributed by atoms with van der Waals surface area (Å²) in [7, 11) is -4.10. The second-order valence-electron chi connectivity index (χ2n) is 18.9. The lowest BCUT2D eigenvalue weighted by atomic mass is 9.81. The number of aliphatic hydroxyl groups excluding tert-OH is 1. The third kappa shape index (κ3) is 8.98. The van der Waals surface area contributed by atoms with E-state index in [9.17, 15) is 45.9 Å². The monoisotopic (exact) mass is 863 g/mol. The molecule has 60 heavy (non-hydrogen) atoms.